The van der Waals surface area contributed by atoms with E-state index >= 15 is 8.78 Å². The zero-order valence-corrected chi connectivity index (χ0v) is 48.8. The topological polar surface area (TPSA) is 34.8 Å². The van der Waals surface area contributed by atoms with Crippen molar-refractivity contribution in [3.63, 3.8) is 0 Å². The number of benzene rings is 13. The van der Waals surface area contributed by atoms with E-state index in [2.05, 4.69) is 176 Å². The lowest BCUT2D eigenvalue weighted by Gasteiger charge is -2.36. The first-order valence-electron chi connectivity index (χ1n) is 30.1. The minimum atomic E-state index is -0.923. The Kier molecular flexibility index (Phi) is 13.0. The number of hydrogen-bond donors (Lipinski definition) is 0. The first-order valence-corrected chi connectivity index (χ1v) is 30.1. The van der Waals surface area contributed by atoms with Crippen LogP contribution in [0.4, 0.5) is 25.8 Å². The quantitative estimate of drug-likeness (QED) is 0.109. The van der Waals surface area contributed by atoms with E-state index in [1.165, 1.54) is 0 Å². The first-order chi connectivity index (χ1) is 44.3. The fraction of sp³-hybridized carbons (Fsp3) is 0.0238. The third-order valence-electron chi connectivity index (χ3n) is 18.2. The largest absolute Gasteiger partial charge is 0.457 e. The second-order valence-corrected chi connectivity index (χ2v) is 23.0. The van der Waals surface area contributed by atoms with Crippen LogP contribution in [0.15, 0.2) is 315 Å². The molecular formula is C84H55F2NO3. The van der Waals surface area contributed by atoms with Gasteiger partial charge in [-0.3, -0.25) is 0 Å². The third kappa shape index (κ3) is 8.70. The van der Waals surface area contributed by atoms with Crippen LogP contribution in [0, 0.1) is 11.6 Å². The molecule has 0 spiro atoms. The smallest absolute Gasteiger partial charge is 0.136 e. The normalized spacial score (nSPS) is 15.2. The molecule has 0 aliphatic heterocycles. The minimum absolute atomic E-state index is 0.319. The molecule has 0 N–H and O–H groups in total. The summed E-state index contributed by atoms with van der Waals surface area (Å²) in [6.45, 7) is 7.83. The van der Waals surface area contributed by atoms with Crippen LogP contribution in [-0.2, 0) is 10.8 Å². The highest BCUT2D eigenvalue weighted by atomic mass is 19.1. The summed E-state index contributed by atoms with van der Waals surface area (Å²) in [6, 6.07) is 100. The summed E-state index contributed by atoms with van der Waals surface area (Å²) in [5.74, 6) is 2.14. The van der Waals surface area contributed by atoms with Gasteiger partial charge in [0, 0.05) is 27.8 Å². The van der Waals surface area contributed by atoms with E-state index < -0.39 is 10.8 Å². The van der Waals surface area contributed by atoms with E-state index in [0.717, 1.165) is 128 Å². The molecule has 4 nitrogen and oxygen atoms in total. The Hall–Kier alpha value is -11.6. The molecule has 1 aromatic heterocycles. The fourth-order valence-electron chi connectivity index (χ4n) is 14.2. The van der Waals surface area contributed by atoms with Crippen LogP contribution < -0.4 is 14.4 Å². The van der Waals surface area contributed by atoms with Crippen LogP contribution in [0.2, 0.25) is 0 Å². The lowest BCUT2D eigenvalue weighted by Crippen LogP contribution is -2.29. The molecule has 14 aromatic rings. The predicted molar refractivity (Wildman–Crippen MR) is 362 cm³/mol. The van der Waals surface area contributed by atoms with Crippen molar-refractivity contribution < 1.29 is 22.7 Å². The van der Waals surface area contributed by atoms with Crippen molar-refractivity contribution in [2.45, 2.75) is 10.8 Å². The number of fused-ring (bicyclic) bond motifs is 9. The minimum Gasteiger partial charge on any atom is -0.457 e. The van der Waals surface area contributed by atoms with Gasteiger partial charge in [0.15, 0.2) is 0 Å². The fourth-order valence-corrected chi connectivity index (χ4v) is 14.2. The van der Waals surface area contributed by atoms with E-state index in [-0.39, 0.29) is 11.6 Å². The van der Waals surface area contributed by atoms with E-state index in [1.807, 2.05) is 127 Å². The summed E-state index contributed by atoms with van der Waals surface area (Å²) in [5, 5.41) is 2.08. The number of hydrogen-bond acceptors (Lipinski definition) is 4. The number of rotatable bonds is 14. The highest BCUT2D eigenvalue weighted by molar-refractivity contribution is 6.12. The maximum Gasteiger partial charge on any atom is 0.136 e. The molecule has 13 aromatic carbocycles. The highest BCUT2D eigenvalue weighted by Crippen LogP contribution is 2.60. The Morgan fingerprint density at radius 2 is 0.722 bits per heavy atom. The van der Waals surface area contributed by atoms with Crippen LogP contribution in [0.25, 0.3) is 67.5 Å². The molecule has 0 saturated carbocycles. The Morgan fingerprint density at radius 3 is 1.21 bits per heavy atom. The molecule has 0 bridgehead atoms. The molecule has 90 heavy (non-hydrogen) atoms. The summed E-state index contributed by atoms with van der Waals surface area (Å²) in [5.41, 5.74) is 18.9. The lowest BCUT2D eigenvalue weighted by atomic mass is 9.67. The van der Waals surface area contributed by atoms with Crippen molar-refractivity contribution >= 4 is 51.2 Å². The average molecular weight is 1160 g/mol. The van der Waals surface area contributed by atoms with E-state index in [1.54, 1.807) is 24.3 Å². The summed E-state index contributed by atoms with van der Waals surface area (Å²) >= 11 is 0. The van der Waals surface area contributed by atoms with Gasteiger partial charge in [-0.1, -0.05) is 201 Å². The Labute approximate surface area is 520 Å². The molecule has 6 heteroatoms. The Morgan fingerprint density at radius 1 is 0.333 bits per heavy atom. The molecule has 16 rings (SSSR count). The number of halogens is 2. The molecule has 0 saturated heterocycles. The predicted octanol–water partition coefficient (Wildman–Crippen LogP) is 22.6. The highest BCUT2D eigenvalue weighted by Gasteiger charge is 2.48. The Balaban J connectivity index is 0.922. The SMILES string of the molecule is C=Cc1ccc(Oc2ccc(C3(c4ccc(F)cc4)c4ccccc4-c4ccc(N(c5cccc(-c6cccc7oc8ccccc8c67)c5)c5ccc6c(c5)C(c5ccc(F)cc5)(c5ccc(Oc7ccc(C=C)cc7)cc5)c5ccccc5-6)cc43)cc2)cc1. The van der Waals surface area contributed by atoms with Gasteiger partial charge in [-0.15, -0.1) is 0 Å². The summed E-state index contributed by atoms with van der Waals surface area (Å²) in [6.07, 6.45) is 3.62. The van der Waals surface area contributed by atoms with Gasteiger partial charge in [-0.25, -0.2) is 8.78 Å². The van der Waals surface area contributed by atoms with Crippen molar-refractivity contribution in [1.82, 2.24) is 0 Å². The van der Waals surface area contributed by atoms with Gasteiger partial charge < -0.3 is 18.8 Å². The van der Waals surface area contributed by atoms with E-state index in [4.69, 9.17) is 13.9 Å². The van der Waals surface area contributed by atoms with Crippen molar-refractivity contribution in [2.75, 3.05) is 4.90 Å². The molecule has 0 amide bonds. The summed E-state index contributed by atoms with van der Waals surface area (Å²) in [7, 11) is 0. The van der Waals surface area contributed by atoms with Gasteiger partial charge in [0.2, 0.25) is 0 Å². The monoisotopic (exact) mass is 1160 g/mol. The molecule has 2 atom stereocenters. The lowest BCUT2D eigenvalue weighted by molar-refractivity contribution is 0.482. The maximum absolute atomic E-state index is 15.4. The Bertz CT molecular complexity index is 4860. The molecule has 428 valence electrons. The molecule has 0 fully saturated rings. The van der Waals surface area contributed by atoms with Crippen molar-refractivity contribution in [2.24, 2.45) is 0 Å². The molecular weight excluding hydrogens is 1110 g/mol. The number of ether oxygens (including phenoxy) is 2. The van der Waals surface area contributed by atoms with E-state index in [0.29, 0.717) is 23.0 Å². The summed E-state index contributed by atoms with van der Waals surface area (Å²) in [4.78, 5) is 2.36. The molecule has 2 unspecified atom stereocenters. The number of nitrogens with zero attached hydrogens (tertiary/aromatic N) is 1. The molecule has 2 aliphatic carbocycles. The van der Waals surface area contributed by atoms with Crippen LogP contribution >= 0.6 is 0 Å². The van der Waals surface area contributed by atoms with Gasteiger partial charge in [0.1, 0.15) is 45.8 Å². The van der Waals surface area contributed by atoms with Crippen molar-refractivity contribution in [1.29, 1.82) is 0 Å². The number of anilines is 3. The molecule has 2 aliphatic rings. The second kappa shape index (κ2) is 21.7. The van der Waals surface area contributed by atoms with Gasteiger partial charge in [0.05, 0.1) is 10.8 Å². The first kappa shape index (κ1) is 53.8. The maximum atomic E-state index is 15.4. The van der Waals surface area contributed by atoms with Gasteiger partial charge in [-0.05, 0) is 210 Å². The number of para-hydroxylation sites is 1. The molecule has 0 radical (unpaired) electrons. The van der Waals surface area contributed by atoms with Crippen LogP contribution in [0.1, 0.15) is 55.6 Å². The van der Waals surface area contributed by atoms with Gasteiger partial charge >= 0.3 is 0 Å². The summed E-state index contributed by atoms with van der Waals surface area (Å²) < 4.78 is 50.2. The van der Waals surface area contributed by atoms with Crippen LogP contribution in [0.5, 0.6) is 23.0 Å². The van der Waals surface area contributed by atoms with Crippen molar-refractivity contribution in [3.8, 4) is 56.4 Å². The van der Waals surface area contributed by atoms with Gasteiger partial charge in [-0.2, -0.15) is 0 Å². The van der Waals surface area contributed by atoms with Crippen LogP contribution in [0.3, 0.4) is 0 Å². The second-order valence-electron chi connectivity index (χ2n) is 23.0. The third-order valence-corrected chi connectivity index (χ3v) is 18.2. The zero-order chi connectivity index (χ0) is 60.5. The standard InChI is InChI=1S/C84H55F2NO3/c1-3-54-23-41-66(42-24-54)88-68-45-31-59(32-46-68)83(57-27-35-61(85)36-28-57)76-19-8-5-15-71(76)73-49-39-64(52-78(73)83)87(63-14-11-13-56(51-63)70-18-12-22-81-82(70)75-17-7-10-21-80(75)90-81)65-40-50-74-72-16-6-9-20-77(72)84(79(74)53-65,58-29-37-62(86)38-30-58)60-33-47-69(48-34-60)89-67-43-25-55(4-2)26-44-67/h3-53H,1-2H2. The van der Waals surface area contributed by atoms with Crippen LogP contribution in [-0.4, -0.2) is 0 Å². The van der Waals surface area contributed by atoms with Gasteiger partial charge in [0.25, 0.3) is 0 Å². The number of furan rings is 1. The average Bonchev–Trinajstić information content (AvgIpc) is 1.56. The van der Waals surface area contributed by atoms with E-state index in [9.17, 15) is 0 Å². The molecule has 1 heterocycles. The zero-order valence-electron chi connectivity index (χ0n) is 48.8. The van der Waals surface area contributed by atoms with Crippen molar-refractivity contribution in [3.05, 3.63) is 378 Å².